The second-order valence-corrected chi connectivity index (χ2v) is 9.76. The molecular formula is C27H34ClN5O3. The summed E-state index contributed by atoms with van der Waals surface area (Å²) < 4.78 is 7.23. The molecule has 3 rings (SSSR count). The molecule has 0 aliphatic heterocycles. The van der Waals surface area contributed by atoms with E-state index in [9.17, 15) is 9.59 Å². The highest BCUT2D eigenvalue weighted by Crippen LogP contribution is 2.29. The van der Waals surface area contributed by atoms with Crippen LogP contribution in [0.4, 0.5) is 16.3 Å². The number of nitrogens with zero attached hydrogens (tertiary/aromatic N) is 3. The number of aromatic nitrogens is 2. The van der Waals surface area contributed by atoms with Crippen molar-refractivity contribution in [2.75, 3.05) is 30.3 Å². The van der Waals surface area contributed by atoms with Crippen LogP contribution in [0.1, 0.15) is 46.7 Å². The summed E-state index contributed by atoms with van der Waals surface area (Å²) in [6.07, 6.45) is 0.694. The van der Waals surface area contributed by atoms with Crippen molar-refractivity contribution in [2.24, 2.45) is 0 Å². The van der Waals surface area contributed by atoms with Gasteiger partial charge in [-0.15, -0.1) is 0 Å². The molecule has 9 heteroatoms. The van der Waals surface area contributed by atoms with Gasteiger partial charge in [-0.05, 0) is 37.6 Å². The predicted octanol–water partition coefficient (Wildman–Crippen LogP) is 6.10. The summed E-state index contributed by atoms with van der Waals surface area (Å²) in [5.74, 6) is 0.717. The van der Waals surface area contributed by atoms with E-state index in [0.29, 0.717) is 47.5 Å². The maximum Gasteiger partial charge on any atom is 0.322 e. The molecule has 0 saturated carbocycles. The number of anilines is 2. The third-order valence-corrected chi connectivity index (χ3v) is 5.69. The Labute approximate surface area is 217 Å². The van der Waals surface area contributed by atoms with Crippen LogP contribution in [0, 0.1) is 0 Å². The Morgan fingerprint density at radius 2 is 1.75 bits per heavy atom. The topological polar surface area (TPSA) is 88.5 Å². The van der Waals surface area contributed by atoms with Crippen molar-refractivity contribution < 1.29 is 14.3 Å². The molecule has 2 aromatic carbocycles. The minimum absolute atomic E-state index is 0.130. The fraction of sp³-hybridized carbons (Fsp3) is 0.370. The van der Waals surface area contributed by atoms with Gasteiger partial charge in [-0.2, -0.15) is 5.10 Å². The van der Waals surface area contributed by atoms with Gasteiger partial charge in [-0.1, -0.05) is 63.6 Å². The normalized spacial score (nSPS) is 11.2. The largest absolute Gasteiger partial charge is 0.492 e. The number of hydrogen-bond donors (Lipinski definition) is 2. The summed E-state index contributed by atoms with van der Waals surface area (Å²) in [7, 11) is 0. The van der Waals surface area contributed by atoms with Crippen molar-refractivity contribution in [1.29, 1.82) is 0 Å². The van der Waals surface area contributed by atoms with Crippen molar-refractivity contribution in [3.05, 3.63) is 65.3 Å². The van der Waals surface area contributed by atoms with Crippen molar-refractivity contribution in [3.63, 3.8) is 0 Å². The van der Waals surface area contributed by atoms with Gasteiger partial charge in [-0.3, -0.25) is 4.79 Å². The van der Waals surface area contributed by atoms with Crippen LogP contribution in [0.3, 0.4) is 0 Å². The molecule has 0 aliphatic rings. The molecule has 0 unspecified atom stereocenters. The highest BCUT2D eigenvalue weighted by atomic mass is 35.5. The molecule has 36 heavy (non-hydrogen) atoms. The molecule has 0 fully saturated rings. The number of urea groups is 1. The molecule has 1 heterocycles. The molecule has 3 amide bonds. The van der Waals surface area contributed by atoms with Crippen molar-refractivity contribution in [3.8, 4) is 11.4 Å². The van der Waals surface area contributed by atoms with E-state index in [2.05, 4.69) is 10.6 Å². The molecule has 192 valence electrons. The summed E-state index contributed by atoms with van der Waals surface area (Å²) in [6.45, 7) is 10.7. The van der Waals surface area contributed by atoms with Crippen LogP contribution in [-0.2, 0) is 10.2 Å². The number of para-hydroxylation sites is 3. The summed E-state index contributed by atoms with van der Waals surface area (Å²) in [4.78, 5) is 27.7. The maximum atomic E-state index is 13.1. The molecule has 2 N–H and O–H groups in total. The average Bonchev–Trinajstić information content (AvgIpc) is 3.24. The van der Waals surface area contributed by atoms with Gasteiger partial charge in [0.25, 0.3) is 0 Å². The van der Waals surface area contributed by atoms with Crippen LogP contribution >= 0.6 is 11.6 Å². The van der Waals surface area contributed by atoms with E-state index in [1.165, 1.54) is 4.90 Å². The van der Waals surface area contributed by atoms with Crippen LogP contribution < -0.4 is 15.4 Å². The first kappa shape index (κ1) is 27.1. The third-order valence-electron chi connectivity index (χ3n) is 5.37. The highest BCUT2D eigenvalue weighted by molar-refractivity contribution is 6.32. The van der Waals surface area contributed by atoms with Crippen LogP contribution in [0.5, 0.6) is 5.75 Å². The van der Waals surface area contributed by atoms with E-state index in [4.69, 9.17) is 21.4 Å². The molecule has 0 bridgehead atoms. The number of carbonyl (C=O) groups is 2. The monoisotopic (exact) mass is 511 g/mol. The summed E-state index contributed by atoms with van der Waals surface area (Å²) >= 11 is 6.43. The minimum Gasteiger partial charge on any atom is -0.492 e. The quantitative estimate of drug-likeness (QED) is 0.363. The Hall–Kier alpha value is -3.52. The van der Waals surface area contributed by atoms with E-state index in [-0.39, 0.29) is 23.9 Å². The summed E-state index contributed by atoms with van der Waals surface area (Å²) in [6, 6.07) is 16.0. The fourth-order valence-electron chi connectivity index (χ4n) is 3.57. The van der Waals surface area contributed by atoms with Gasteiger partial charge in [0.1, 0.15) is 18.1 Å². The zero-order chi connectivity index (χ0) is 26.3. The van der Waals surface area contributed by atoms with Gasteiger partial charge in [0.15, 0.2) is 0 Å². The Balaban J connectivity index is 1.81. The molecule has 1 aromatic heterocycles. The van der Waals surface area contributed by atoms with Crippen molar-refractivity contribution in [2.45, 2.75) is 46.5 Å². The molecule has 8 nitrogen and oxygen atoms in total. The first-order valence-electron chi connectivity index (χ1n) is 12.1. The molecule has 0 radical (unpaired) electrons. The van der Waals surface area contributed by atoms with Gasteiger partial charge < -0.3 is 20.3 Å². The lowest BCUT2D eigenvalue weighted by molar-refractivity contribution is -0.116. The second kappa shape index (κ2) is 11.9. The maximum absolute atomic E-state index is 13.1. The number of hydrogen-bond acceptors (Lipinski definition) is 4. The van der Waals surface area contributed by atoms with E-state index in [0.717, 1.165) is 5.69 Å². The smallest absolute Gasteiger partial charge is 0.322 e. The van der Waals surface area contributed by atoms with E-state index in [1.54, 1.807) is 22.9 Å². The van der Waals surface area contributed by atoms with Gasteiger partial charge in [0, 0.05) is 18.0 Å². The first-order chi connectivity index (χ1) is 17.1. The van der Waals surface area contributed by atoms with Crippen LogP contribution in [-0.4, -0.2) is 46.3 Å². The molecule has 0 saturated heterocycles. The van der Waals surface area contributed by atoms with Gasteiger partial charge in [0.2, 0.25) is 5.91 Å². The van der Waals surface area contributed by atoms with E-state index >= 15 is 0 Å². The van der Waals surface area contributed by atoms with Crippen LogP contribution in [0.2, 0.25) is 5.02 Å². The highest BCUT2D eigenvalue weighted by Gasteiger charge is 2.24. The Morgan fingerprint density at radius 1 is 1.06 bits per heavy atom. The second-order valence-electron chi connectivity index (χ2n) is 9.36. The third kappa shape index (κ3) is 6.79. The zero-order valence-corrected chi connectivity index (χ0v) is 22.2. The summed E-state index contributed by atoms with van der Waals surface area (Å²) in [5.41, 5.74) is 1.76. The molecule has 0 spiro atoms. The number of amides is 3. The molecular weight excluding hydrogens is 478 g/mol. The molecule has 3 aromatic rings. The lowest BCUT2D eigenvalue weighted by Crippen LogP contribution is -2.41. The lowest BCUT2D eigenvalue weighted by atomic mass is 9.92. The average molecular weight is 512 g/mol. The Kier molecular flexibility index (Phi) is 8.98. The molecule has 0 atom stereocenters. The SMILES string of the molecule is CCCN(CC(=O)Nc1cc(C(C)(C)C)nn1-c1ccccc1Cl)C(=O)Nc1ccccc1OCC. The number of carbonyl (C=O) groups excluding carboxylic acids is 2. The van der Waals surface area contributed by atoms with E-state index < -0.39 is 0 Å². The minimum atomic E-state index is -0.380. The zero-order valence-electron chi connectivity index (χ0n) is 21.5. The van der Waals surface area contributed by atoms with Crippen LogP contribution in [0.15, 0.2) is 54.6 Å². The number of nitrogens with one attached hydrogen (secondary N) is 2. The number of halogens is 1. The number of ether oxygens (including phenoxy) is 1. The first-order valence-corrected chi connectivity index (χ1v) is 12.4. The van der Waals surface area contributed by atoms with Crippen LogP contribution in [0.25, 0.3) is 5.69 Å². The fourth-order valence-corrected chi connectivity index (χ4v) is 3.78. The predicted molar refractivity (Wildman–Crippen MR) is 144 cm³/mol. The molecule has 0 aliphatic carbocycles. The van der Waals surface area contributed by atoms with E-state index in [1.807, 2.05) is 71.0 Å². The standard InChI is InChI=1S/C27H34ClN5O3/c1-6-16-32(26(35)29-20-13-9-11-15-22(20)36-7-2)18-25(34)30-24-17-23(27(3,4)5)31-33(24)21-14-10-8-12-19(21)28/h8-15,17H,6-7,16,18H2,1-5H3,(H,29,35)(H,30,34). The number of rotatable bonds is 9. The van der Waals surface area contributed by atoms with Crippen molar-refractivity contribution in [1.82, 2.24) is 14.7 Å². The Bertz CT molecular complexity index is 1200. The Morgan fingerprint density at radius 3 is 2.42 bits per heavy atom. The number of benzene rings is 2. The van der Waals surface area contributed by atoms with Crippen molar-refractivity contribution >= 4 is 35.0 Å². The lowest BCUT2D eigenvalue weighted by Gasteiger charge is -2.23. The van der Waals surface area contributed by atoms with Gasteiger partial charge in [-0.25, -0.2) is 9.48 Å². The summed E-state index contributed by atoms with van der Waals surface area (Å²) in [5, 5.41) is 11.0. The van der Waals surface area contributed by atoms with Gasteiger partial charge >= 0.3 is 6.03 Å². The van der Waals surface area contributed by atoms with Gasteiger partial charge in [0.05, 0.1) is 28.7 Å².